The van der Waals surface area contributed by atoms with E-state index >= 15 is 0 Å². The molecule has 0 aliphatic carbocycles. The molecule has 0 bridgehead atoms. The van der Waals surface area contributed by atoms with E-state index in [9.17, 15) is 14.0 Å². The number of hydrogen-bond donors (Lipinski definition) is 1. The number of nitrogens with zero attached hydrogens (tertiary/aromatic N) is 4. The lowest BCUT2D eigenvalue weighted by molar-refractivity contribution is -0.124. The largest absolute Gasteiger partial charge is 0.324 e. The van der Waals surface area contributed by atoms with Crippen molar-refractivity contribution in [2.75, 3.05) is 10.2 Å². The van der Waals surface area contributed by atoms with Crippen LogP contribution < -0.4 is 10.2 Å². The van der Waals surface area contributed by atoms with Gasteiger partial charge in [0.25, 0.3) is 5.91 Å². The molecule has 1 aliphatic heterocycles. The van der Waals surface area contributed by atoms with Gasteiger partial charge in [0.1, 0.15) is 11.9 Å². The van der Waals surface area contributed by atoms with Crippen molar-refractivity contribution in [1.82, 2.24) is 14.5 Å². The third kappa shape index (κ3) is 3.42. The van der Waals surface area contributed by atoms with E-state index in [1.807, 2.05) is 30.3 Å². The molecule has 2 aromatic carbocycles. The predicted octanol–water partition coefficient (Wildman–Crippen LogP) is 3.69. The maximum Gasteiger partial charge on any atom is 0.253 e. The van der Waals surface area contributed by atoms with Gasteiger partial charge in [-0.25, -0.2) is 9.37 Å². The number of nitrogens with one attached hydrogen (secondary N) is 1. The van der Waals surface area contributed by atoms with E-state index in [-0.39, 0.29) is 18.0 Å². The van der Waals surface area contributed by atoms with Crippen LogP contribution in [0.2, 0.25) is 0 Å². The summed E-state index contributed by atoms with van der Waals surface area (Å²) in [5.74, 6) is -0.726. The maximum absolute atomic E-state index is 13.9. The van der Waals surface area contributed by atoms with Crippen molar-refractivity contribution in [3.8, 4) is 0 Å². The van der Waals surface area contributed by atoms with E-state index in [0.717, 1.165) is 16.6 Å². The molecule has 31 heavy (non-hydrogen) atoms. The number of amides is 2. The maximum atomic E-state index is 13.9. The van der Waals surface area contributed by atoms with E-state index in [2.05, 4.69) is 15.3 Å². The van der Waals surface area contributed by atoms with Crippen LogP contribution in [-0.2, 0) is 16.1 Å². The summed E-state index contributed by atoms with van der Waals surface area (Å²) in [6, 6.07) is 16.3. The Kier molecular flexibility index (Phi) is 4.66. The SMILES string of the molecule is O=C(C[C@@H]1C(=O)N(Cc2cccnc2)c2nc3ccccc3n21)Nc1ccccc1F. The van der Waals surface area contributed by atoms with Gasteiger partial charge in [-0.05, 0) is 35.9 Å². The van der Waals surface area contributed by atoms with Crippen molar-refractivity contribution < 1.29 is 14.0 Å². The Morgan fingerprint density at radius 2 is 1.87 bits per heavy atom. The van der Waals surface area contributed by atoms with Gasteiger partial charge in [0.15, 0.2) is 0 Å². The van der Waals surface area contributed by atoms with Crippen LogP contribution in [0.25, 0.3) is 11.0 Å². The summed E-state index contributed by atoms with van der Waals surface area (Å²) in [5, 5.41) is 2.56. The van der Waals surface area contributed by atoms with Crippen molar-refractivity contribution in [3.05, 3.63) is 84.4 Å². The zero-order valence-corrected chi connectivity index (χ0v) is 16.4. The number of anilines is 2. The van der Waals surface area contributed by atoms with Crippen LogP contribution in [0.1, 0.15) is 18.0 Å². The molecule has 4 aromatic rings. The number of halogens is 1. The molecule has 1 atom stereocenters. The minimum Gasteiger partial charge on any atom is -0.324 e. The molecule has 0 fully saturated rings. The first-order valence-corrected chi connectivity index (χ1v) is 9.83. The fourth-order valence-corrected chi connectivity index (χ4v) is 3.86. The smallest absolute Gasteiger partial charge is 0.253 e. The molecule has 3 heterocycles. The van der Waals surface area contributed by atoms with Crippen molar-refractivity contribution in [3.63, 3.8) is 0 Å². The fourth-order valence-electron chi connectivity index (χ4n) is 3.86. The number of carbonyl (C=O) groups is 2. The Bertz CT molecular complexity index is 1290. The van der Waals surface area contributed by atoms with Crippen LogP contribution in [0.5, 0.6) is 0 Å². The van der Waals surface area contributed by atoms with Gasteiger partial charge in [0.05, 0.1) is 29.7 Å². The molecule has 154 valence electrons. The minimum absolute atomic E-state index is 0.0841. The van der Waals surface area contributed by atoms with Crippen LogP contribution in [0, 0.1) is 5.82 Å². The summed E-state index contributed by atoms with van der Waals surface area (Å²) in [6.45, 7) is 0.293. The topological polar surface area (TPSA) is 80.1 Å². The van der Waals surface area contributed by atoms with Gasteiger partial charge in [-0.15, -0.1) is 0 Å². The molecule has 0 saturated heterocycles. The van der Waals surface area contributed by atoms with Gasteiger partial charge >= 0.3 is 0 Å². The second-order valence-corrected chi connectivity index (χ2v) is 7.30. The van der Waals surface area contributed by atoms with E-state index in [0.29, 0.717) is 12.5 Å². The number of pyridine rings is 1. The van der Waals surface area contributed by atoms with Gasteiger partial charge < -0.3 is 5.32 Å². The summed E-state index contributed by atoms with van der Waals surface area (Å²) < 4.78 is 15.7. The van der Waals surface area contributed by atoms with E-state index < -0.39 is 17.8 Å². The first-order chi connectivity index (χ1) is 15.1. The van der Waals surface area contributed by atoms with Crippen LogP contribution in [0.3, 0.4) is 0 Å². The van der Waals surface area contributed by atoms with Crippen LogP contribution in [0.4, 0.5) is 16.0 Å². The highest BCUT2D eigenvalue weighted by molar-refractivity contribution is 6.05. The fraction of sp³-hybridized carbons (Fsp3) is 0.130. The number of hydrogen-bond acceptors (Lipinski definition) is 4. The number of fused-ring (bicyclic) bond motifs is 3. The van der Waals surface area contributed by atoms with Crippen LogP contribution >= 0.6 is 0 Å². The summed E-state index contributed by atoms with van der Waals surface area (Å²) in [7, 11) is 0. The Morgan fingerprint density at radius 3 is 2.68 bits per heavy atom. The normalized spacial score (nSPS) is 15.3. The summed E-state index contributed by atoms with van der Waals surface area (Å²) >= 11 is 0. The average molecular weight is 415 g/mol. The van der Waals surface area contributed by atoms with Gasteiger partial charge in [0.2, 0.25) is 11.9 Å². The third-order valence-corrected chi connectivity index (χ3v) is 5.27. The molecule has 1 aliphatic rings. The van der Waals surface area contributed by atoms with Gasteiger partial charge in [0, 0.05) is 12.4 Å². The lowest BCUT2D eigenvalue weighted by atomic mass is 10.1. The molecule has 0 unspecified atom stereocenters. The molecular weight excluding hydrogens is 397 g/mol. The third-order valence-electron chi connectivity index (χ3n) is 5.27. The van der Waals surface area contributed by atoms with Crippen molar-refractivity contribution in [2.24, 2.45) is 0 Å². The lowest BCUT2D eigenvalue weighted by Gasteiger charge is -2.16. The zero-order chi connectivity index (χ0) is 21.4. The summed E-state index contributed by atoms with van der Waals surface area (Å²) in [5.41, 5.74) is 2.44. The van der Waals surface area contributed by atoms with Crippen molar-refractivity contribution in [2.45, 2.75) is 19.0 Å². The highest BCUT2D eigenvalue weighted by atomic mass is 19.1. The van der Waals surface area contributed by atoms with E-state index in [1.54, 1.807) is 40.1 Å². The number of benzene rings is 2. The average Bonchev–Trinajstić information content (AvgIpc) is 3.27. The highest BCUT2D eigenvalue weighted by Gasteiger charge is 2.40. The van der Waals surface area contributed by atoms with Crippen molar-refractivity contribution >= 4 is 34.5 Å². The van der Waals surface area contributed by atoms with Gasteiger partial charge in [-0.3, -0.25) is 24.0 Å². The molecule has 8 heteroatoms. The Balaban J connectivity index is 1.48. The molecule has 2 amide bonds. The summed E-state index contributed by atoms with van der Waals surface area (Å²) in [4.78, 5) is 36.3. The number of imidazole rings is 1. The number of para-hydroxylation sites is 3. The zero-order valence-electron chi connectivity index (χ0n) is 16.4. The van der Waals surface area contributed by atoms with Gasteiger partial charge in [-0.2, -0.15) is 0 Å². The van der Waals surface area contributed by atoms with Crippen LogP contribution in [0.15, 0.2) is 73.1 Å². The van der Waals surface area contributed by atoms with Crippen molar-refractivity contribution in [1.29, 1.82) is 0 Å². The molecule has 0 radical (unpaired) electrons. The molecule has 0 saturated carbocycles. The molecule has 0 spiro atoms. The van der Waals surface area contributed by atoms with E-state index in [1.165, 1.54) is 12.1 Å². The van der Waals surface area contributed by atoms with Crippen LogP contribution in [-0.4, -0.2) is 26.3 Å². The predicted molar refractivity (Wildman–Crippen MR) is 114 cm³/mol. The Morgan fingerprint density at radius 1 is 1.06 bits per heavy atom. The molecule has 2 aromatic heterocycles. The summed E-state index contributed by atoms with van der Waals surface area (Å²) in [6.07, 6.45) is 3.23. The number of carbonyl (C=O) groups excluding carboxylic acids is 2. The quantitative estimate of drug-likeness (QED) is 0.539. The highest BCUT2D eigenvalue weighted by Crippen LogP contribution is 2.37. The second-order valence-electron chi connectivity index (χ2n) is 7.30. The Labute approximate surface area is 177 Å². The molecule has 5 rings (SSSR count). The van der Waals surface area contributed by atoms with E-state index in [4.69, 9.17) is 0 Å². The minimum atomic E-state index is -0.772. The Hall–Kier alpha value is -4.07. The molecule has 7 nitrogen and oxygen atoms in total. The first-order valence-electron chi connectivity index (χ1n) is 9.83. The number of rotatable bonds is 5. The lowest BCUT2D eigenvalue weighted by Crippen LogP contribution is -2.31. The molecule has 1 N–H and O–H groups in total. The van der Waals surface area contributed by atoms with Gasteiger partial charge in [-0.1, -0.05) is 30.3 Å². The standard InChI is InChI=1S/C23H18FN5O2/c24-16-7-1-2-8-17(16)26-21(30)12-20-22(31)28(14-15-6-5-11-25-13-15)23-27-18-9-3-4-10-19(18)29(20)23/h1-11,13,20H,12,14H2,(H,26,30)/t20-/m1/s1. The monoisotopic (exact) mass is 415 g/mol. The first kappa shape index (κ1) is 18.9. The second kappa shape index (κ2) is 7.64. The molecular formula is C23H18FN5O2. The number of aromatic nitrogens is 3.